The molecule has 0 spiro atoms. The molecule has 1 fully saturated rings. The Labute approximate surface area is 233 Å². The van der Waals surface area contributed by atoms with Gasteiger partial charge in [0.05, 0.1) is 16.8 Å². The van der Waals surface area contributed by atoms with E-state index < -0.39 is 58.4 Å². The monoisotopic (exact) mass is 638 g/mol. The summed E-state index contributed by atoms with van der Waals surface area (Å²) in [7, 11) is 1.55. The van der Waals surface area contributed by atoms with Crippen LogP contribution in [0, 0.1) is 0 Å². The molecule has 0 aliphatic heterocycles. The van der Waals surface area contributed by atoms with Crippen LogP contribution in [0.5, 0.6) is 5.75 Å². The number of pyridine rings is 1. The molecular formula is C23H14Cl2F10N4O2. The Hall–Kier alpha value is -3.27. The molecule has 0 N–H and O–H groups in total. The van der Waals surface area contributed by atoms with E-state index in [2.05, 4.69) is 14.8 Å². The first kappa shape index (κ1) is 30.7. The fourth-order valence-corrected chi connectivity index (χ4v) is 4.33. The summed E-state index contributed by atoms with van der Waals surface area (Å²) in [5.74, 6) is -2.18. The number of halogens is 12. The summed E-state index contributed by atoms with van der Waals surface area (Å²) in [5.41, 5.74) is -9.14. The summed E-state index contributed by atoms with van der Waals surface area (Å²) in [5, 5.41) is 2.42. The van der Waals surface area contributed by atoms with Crippen molar-refractivity contribution in [3.8, 4) is 22.6 Å². The van der Waals surface area contributed by atoms with Crippen molar-refractivity contribution in [2.75, 3.05) is 7.05 Å². The highest BCUT2D eigenvalue weighted by Gasteiger charge is 2.73. The predicted molar refractivity (Wildman–Crippen MR) is 124 cm³/mol. The summed E-state index contributed by atoms with van der Waals surface area (Å²) in [6.07, 6.45) is -14.2. The van der Waals surface area contributed by atoms with Gasteiger partial charge in [-0.15, -0.1) is 13.2 Å². The summed E-state index contributed by atoms with van der Waals surface area (Å²) >= 11 is 11.9. The van der Waals surface area contributed by atoms with Crippen molar-refractivity contribution in [3.63, 3.8) is 0 Å². The zero-order valence-electron chi connectivity index (χ0n) is 20.1. The van der Waals surface area contributed by atoms with E-state index >= 15 is 0 Å². The van der Waals surface area contributed by atoms with Crippen LogP contribution >= 0.6 is 23.2 Å². The Morgan fingerprint density at radius 2 is 1.56 bits per heavy atom. The van der Waals surface area contributed by atoms with Gasteiger partial charge in [0.2, 0.25) is 0 Å². The van der Waals surface area contributed by atoms with Crippen LogP contribution in [-0.2, 0) is 5.67 Å². The third-order valence-corrected chi connectivity index (χ3v) is 6.65. The van der Waals surface area contributed by atoms with Crippen LogP contribution in [0.2, 0.25) is 10.2 Å². The van der Waals surface area contributed by atoms with Crippen LogP contribution in [-0.4, -0.2) is 57.4 Å². The topological polar surface area (TPSA) is 60.2 Å². The zero-order valence-corrected chi connectivity index (χ0v) is 21.6. The number of ether oxygens (including phenoxy) is 1. The number of hydrogen-bond acceptors (Lipinski definition) is 4. The average molecular weight is 639 g/mol. The molecule has 0 unspecified atom stereocenters. The average Bonchev–Trinajstić information content (AvgIpc) is 3.57. The second kappa shape index (κ2) is 10.2. The second-order valence-corrected chi connectivity index (χ2v) is 9.65. The number of amides is 1. The minimum atomic E-state index is -6.63. The third-order valence-electron chi connectivity index (χ3n) is 6.06. The van der Waals surface area contributed by atoms with Crippen LogP contribution in [0.1, 0.15) is 28.8 Å². The van der Waals surface area contributed by atoms with E-state index in [0.29, 0.717) is 4.68 Å². The van der Waals surface area contributed by atoms with E-state index in [9.17, 15) is 48.7 Å². The fraction of sp³-hybridized carbons (Fsp3) is 0.348. The highest BCUT2D eigenvalue weighted by Crippen LogP contribution is 2.55. The second-order valence-electron chi connectivity index (χ2n) is 8.89. The maximum absolute atomic E-state index is 14.6. The molecule has 18 heteroatoms. The Bertz CT molecular complexity index is 1470. The van der Waals surface area contributed by atoms with Gasteiger partial charge in [-0.25, -0.2) is 14.1 Å². The lowest BCUT2D eigenvalue weighted by molar-refractivity contribution is -0.348. The molecular weight excluding hydrogens is 625 g/mol. The minimum absolute atomic E-state index is 0.0138. The normalized spacial score (nSPS) is 14.8. The van der Waals surface area contributed by atoms with Crippen molar-refractivity contribution in [2.24, 2.45) is 0 Å². The van der Waals surface area contributed by atoms with Gasteiger partial charge in [0.1, 0.15) is 10.8 Å². The van der Waals surface area contributed by atoms with Crippen molar-refractivity contribution in [1.82, 2.24) is 19.7 Å². The summed E-state index contributed by atoms with van der Waals surface area (Å²) in [6.45, 7) is 0. The summed E-state index contributed by atoms with van der Waals surface area (Å²) < 4.78 is 138. The number of rotatable bonds is 6. The van der Waals surface area contributed by atoms with E-state index in [1.165, 1.54) is 17.2 Å². The third kappa shape index (κ3) is 5.89. The molecule has 3 aromatic rings. The molecule has 4 rings (SSSR count). The first-order valence-corrected chi connectivity index (χ1v) is 11.9. The molecule has 1 amide bonds. The Kier molecular flexibility index (Phi) is 7.65. The van der Waals surface area contributed by atoms with Crippen LogP contribution in [0.25, 0.3) is 16.8 Å². The van der Waals surface area contributed by atoms with Gasteiger partial charge in [-0.05, 0) is 31.0 Å². The number of alkyl halides is 10. The van der Waals surface area contributed by atoms with E-state index in [0.717, 1.165) is 25.2 Å². The number of aromatic nitrogens is 3. The molecule has 222 valence electrons. The van der Waals surface area contributed by atoms with Gasteiger partial charge < -0.3 is 9.64 Å². The van der Waals surface area contributed by atoms with Crippen LogP contribution in [0.3, 0.4) is 0 Å². The quantitative estimate of drug-likeness (QED) is 0.205. The number of nitrogens with zero attached hydrogens (tertiary/aromatic N) is 4. The molecule has 1 aliphatic rings. The van der Waals surface area contributed by atoms with E-state index in [1.807, 2.05) is 0 Å². The molecule has 0 radical (unpaired) electrons. The molecule has 41 heavy (non-hydrogen) atoms. The molecule has 0 bridgehead atoms. The Morgan fingerprint density at radius 3 is 2.10 bits per heavy atom. The SMILES string of the molecule is CN(C(=O)c1cc(-c2cnn(-c3c(Cl)cc(C(F)(C(F)(F)F)C(F)(F)F)cc3OC(F)(F)F)c2)cnc1Cl)C1CC1. The molecule has 1 aliphatic carbocycles. The van der Waals surface area contributed by atoms with Gasteiger partial charge in [-0.3, -0.25) is 4.79 Å². The molecule has 2 aromatic heterocycles. The van der Waals surface area contributed by atoms with Gasteiger partial charge >= 0.3 is 24.4 Å². The lowest BCUT2D eigenvalue weighted by Crippen LogP contribution is -2.50. The smallest absolute Gasteiger partial charge is 0.403 e. The molecule has 1 saturated carbocycles. The van der Waals surface area contributed by atoms with Gasteiger partial charge in [0.25, 0.3) is 5.91 Å². The summed E-state index contributed by atoms with van der Waals surface area (Å²) in [4.78, 5) is 18.1. The summed E-state index contributed by atoms with van der Waals surface area (Å²) in [6, 6.07) is 0.780. The standard InChI is InChI=1S/C23H14Cl2F10N4O2/c1-38(13-2-3-13)19(40)14-4-10(7-36-18(14)25)11-8-37-39(9-11)17-15(24)5-12(6-16(17)41-23(33,34)35)20(26,21(27,28)29)22(30,31)32/h4-9,13H,2-3H2,1H3. The van der Waals surface area contributed by atoms with Crippen molar-refractivity contribution >= 4 is 29.1 Å². The largest absolute Gasteiger partial charge is 0.573 e. The molecule has 2 heterocycles. The van der Waals surface area contributed by atoms with Crippen molar-refractivity contribution in [3.05, 3.63) is 58.1 Å². The maximum atomic E-state index is 14.6. The van der Waals surface area contributed by atoms with Crippen molar-refractivity contribution in [2.45, 2.75) is 43.3 Å². The maximum Gasteiger partial charge on any atom is 0.573 e. The number of carbonyl (C=O) groups is 1. The highest BCUT2D eigenvalue weighted by atomic mass is 35.5. The molecule has 0 atom stereocenters. The van der Waals surface area contributed by atoms with Crippen LogP contribution in [0.4, 0.5) is 43.9 Å². The number of hydrogen-bond donors (Lipinski definition) is 0. The first-order chi connectivity index (χ1) is 18.7. The molecule has 6 nitrogen and oxygen atoms in total. The van der Waals surface area contributed by atoms with E-state index in [-0.39, 0.29) is 34.0 Å². The molecule has 1 aromatic carbocycles. The lowest BCUT2D eigenvalue weighted by Gasteiger charge is -2.31. The van der Waals surface area contributed by atoms with E-state index in [1.54, 1.807) is 7.05 Å². The Morgan fingerprint density at radius 1 is 0.951 bits per heavy atom. The van der Waals surface area contributed by atoms with Crippen LogP contribution < -0.4 is 4.74 Å². The molecule has 0 saturated heterocycles. The fourth-order valence-electron chi connectivity index (χ4n) is 3.85. The lowest BCUT2D eigenvalue weighted by atomic mass is 9.93. The van der Waals surface area contributed by atoms with Gasteiger partial charge in [0, 0.05) is 42.2 Å². The highest BCUT2D eigenvalue weighted by molar-refractivity contribution is 6.33. The predicted octanol–water partition coefficient (Wildman–Crippen LogP) is 7.66. The minimum Gasteiger partial charge on any atom is -0.403 e. The number of carbonyl (C=O) groups excluding carboxylic acids is 1. The van der Waals surface area contributed by atoms with Gasteiger partial charge in [-0.1, -0.05) is 23.2 Å². The zero-order chi connectivity index (χ0) is 30.7. The van der Waals surface area contributed by atoms with Gasteiger partial charge in [-0.2, -0.15) is 31.4 Å². The van der Waals surface area contributed by atoms with Gasteiger partial charge in [0.15, 0.2) is 5.75 Å². The van der Waals surface area contributed by atoms with Crippen LogP contribution in [0.15, 0.2) is 36.8 Å². The Balaban J connectivity index is 1.82. The van der Waals surface area contributed by atoms with E-state index in [4.69, 9.17) is 23.2 Å². The number of benzene rings is 1. The van der Waals surface area contributed by atoms with Crippen molar-refractivity contribution in [1.29, 1.82) is 0 Å². The van der Waals surface area contributed by atoms with Crippen molar-refractivity contribution < 1.29 is 53.4 Å². The first-order valence-electron chi connectivity index (χ1n) is 11.1.